The van der Waals surface area contributed by atoms with Crippen molar-refractivity contribution in [3.8, 4) is 5.75 Å². The van der Waals surface area contributed by atoms with Gasteiger partial charge in [0.15, 0.2) is 0 Å². The maximum Gasteiger partial charge on any atom is 0.220 e. The van der Waals surface area contributed by atoms with Gasteiger partial charge in [-0.05, 0) is 30.9 Å². The summed E-state index contributed by atoms with van der Waals surface area (Å²) in [6.07, 6.45) is 6.80. The molecule has 22 heavy (non-hydrogen) atoms. The first kappa shape index (κ1) is 14.6. The topological polar surface area (TPSA) is 56.2 Å². The van der Waals surface area contributed by atoms with E-state index in [2.05, 4.69) is 10.4 Å². The predicted molar refractivity (Wildman–Crippen MR) is 83.6 cm³/mol. The molecule has 2 aromatic rings. The van der Waals surface area contributed by atoms with E-state index >= 15 is 0 Å². The number of nitrogens with one attached hydrogen (secondary N) is 1. The van der Waals surface area contributed by atoms with Crippen molar-refractivity contribution in [2.45, 2.75) is 31.7 Å². The second kappa shape index (κ2) is 6.64. The van der Waals surface area contributed by atoms with E-state index in [0.29, 0.717) is 19.4 Å². The molecule has 0 saturated carbocycles. The van der Waals surface area contributed by atoms with Crippen LogP contribution in [0.1, 0.15) is 36.4 Å². The summed E-state index contributed by atoms with van der Waals surface area (Å²) in [4.78, 5) is 12.2. The van der Waals surface area contributed by atoms with Gasteiger partial charge in [-0.15, -0.1) is 0 Å². The number of carbonyl (C=O) groups excluding carboxylic acids is 1. The summed E-state index contributed by atoms with van der Waals surface area (Å²) in [7, 11) is 1.88. The van der Waals surface area contributed by atoms with E-state index in [1.54, 1.807) is 4.68 Å². The minimum Gasteiger partial charge on any atom is -0.493 e. The number of nitrogens with zero attached hydrogens (tertiary/aromatic N) is 2. The van der Waals surface area contributed by atoms with Gasteiger partial charge in [0.25, 0.3) is 0 Å². The van der Waals surface area contributed by atoms with Crippen molar-refractivity contribution in [2.24, 2.45) is 7.05 Å². The monoisotopic (exact) mass is 299 g/mol. The van der Waals surface area contributed by atoms with Gasteiger partial charge in [-0.1, -0.05) is 18.2 Å². The smallest absolute Gasteiger partial charge is 0.220 e. The summed E-state index contributed by atoms with van der Waals surface area (Å²) >= 11 is 0. The van der Waals surface area contributed by atoms with Gasteiger partial charge in [-0.3, -0.25) is 9.48 Å². The fourth-order valence-electron chi connectivity index (χ4n) is 2.80. The van der Waals surface area contributed by atoms with E-state index in [9.17, 15) is 4.79 Å². The third-order valence-corrected chi connectivity index (χ3v) is 3.92. The molecule has 5 heteroatoms. The number of carbonyl (C=O) groups is 1. The lowest BCUT2D eigenvalue weighted by atomic mass is 10.0. The van der Waals surface area contributed by atoms with Crippen molar-refractivity contribution in [1.29, 1.82) is 0 Å². The Morgan fingerprint density at radius 3 is 3.14 bits per heavy atom. The number of benzene rings is 1. The van der Waals surface area contributed by atoms with E-state index in [-0.39, 0.29) is 11.9 Å². The molecule has 1 N–H and O–H groups in total. The first-order valence-electron chi connectivity index (χ1n) is 7.71. The Bertz CT molecular complexity index is 651. The summed E-state index contributed by atoms with van der Waals surface area (Å²) in [6.45, 7) is 0.707. The number of amides is 1. The number of hydrogen-bond acceptors (Lipinski definition) is 3. The van der Waals surface area contributed by atoms with Crippen LogP contribution in [0.4, 0.5) is 0 Å². The van der Waals surface area contributed by atoms with Gasteiger partial charge in [0, 0.05) is 25.2 Å². The first-order chi connectivity index (χ1) is 10.7. The molecule has 1 atom stereocenters. The molecule has 0 aliphatic carbocycles. The highest BCUT2D eigenvalue weighted by Gasteiger charge is 2.20. The molecule has 0 radical (unpaired) electrons. The van der Waals surface area contributed by atoms with E-state index in [1.165, 1.54) is 0 Å². The van der Waals surface area contributed by atoms with Gasteiger partial charge >= 0.3 is 0 Å². The third kappa shape index (κ3) is 3.47. The number of aromatic nitrogens is 2. The zero-order valence-corrected chi connectivity index (χ0v) is 12.8. The Morgan fingerprint density at radius 1 is 1.45 bits per heavy atom. The van der Waals surface area contributed by atoms with Gasteiger partial charge in [-0.2, -0.15) is 5.10 Å². The van der Waals surface area contributed by atoms with Crippen LogP contribution in [-0.4, -0.2) is 22.3 Å². The van der Waals surface area contributed by atoms with Crippen molar-refractivity contribution in [3.05, 3.63) is 47.8 Å². The van der Waals surface area contributed by atoms with E-state index < -0.39 is 0 Å². The molecule has 1 aliphatic heterocycles. The molecule has 1 unspecified atom stereocenters. The second-order valence-corrected chi connectivity index (χ2v) is 5.67. The number of aryl methyl sites for hydroxylation is 2. The van der Waals surface area contributed by atoms with Crippen LogP contribution in [0.25, 0.3) is 0 Å². The number of rotatable bonds is 4. The van der Waals surface area contributed by atoms with Crippen LogP contribution in [0.15, 0.2) is 36.7 Å². The van der Waals surface area contributed by atoms with E-state index in [4.69, 9.17) is 4.74 Å². The lowest BCUT2D eigenvalue weighted by Crippen LogP contribution is -2.28. The lowest BCUT2D eigenvalue weighted by molar-refractivity contribution is -0.121. The lowest BCUT2D eigenvalue weighted by Gasteiger charge is -2.18. The van der Waals surface area contributed by atoms with Crippen molar-refractivity contribution >= 4 is 5.91 Å². The Balaban J connectivity index is 1.61. The average Bonchev–Trinajstić information content (AvgIpc) is 2.83. The molecule has 1 aliphatic rings. The quantitative estimate of drug-likeness (QED) is 0.943. The molecule has 0 saturated heterocycles. The normalized spacial score (nSPS) is 17.2. The molecule has 116 valence electrons. The molecule has 0 spiro atoms. The molecule has 2 heterocycles. The van der Waals surface area contributed by atoms with Gasteiger partial charge in [-0.25, -0.2) is 0 Å². The standard InChI is InChI=1S/C17H21N3O2/c1-20-12-13(11-18-20)8-9-17(21)19-15-6-4-10-22-16-7-3-2-5-14(15)16/h2-3,5,7,11-12,15H,4,6,8-10H2,1H3,(H,19,21). The first-order valence-corrected chi connectivity index (χ1v) is 7.71. The highest BCUT2D eigenvalue weighted by atomic mass is 16.5. The van der Waals surface area contributed by atoms with Gasteiger partial charge in [0.05, 0.1) is 18.8 Å². The van der Waals surface area contributed by atoms with Crippen LogP contribution >= 0.6 is 0 Å². The van der Waals surface area contributed by atoms with Crippen LogP contribution in [0, 0.1) is 0 Å². The molecule has 0 fully saturated rings. The highest BCUT2D eigenvalue weighted by molar-refractivity contribution is 5.76. The van der Waals surface area contributed by atoms with Crippen molar-refractivity contribution < 1.29 is 9.53 Å². The molecule has 1 aromatic heterocycles. The fraction of sp³-hybridized carbons (Fsp3) is 0.412. The van der Waals surface area contributed by atoms with E-state index in [1.807, 2.05) is 43.7 Å². The fourth-order valence-corrected chi connectivity index (χ4v) is 2.80. The molecular weight excluding hydrogens is 278 g/mol. The zero-order chi connectivity index (χ0) is 15.4. The number of hydrogen-bond donors (Lipinski definition) is 1. The summed E-state index contributed by atoms with van der Waals surface area (Å²) in [5.41, 5.74) is 2.16. The Kier molecular flexibility index (Phi) is 4.42. The van der Waals surface area contributed by atoms with Crippen molar-refractivity contribution in [2.75, 3.05) is 6.61 Å². The molecule has 5 nitrogen and oxygen atoms in total. The minimum atomic E-state index is 0.0418. The van der Waals surface area contributed by atoms with Gasteiger partial charge in [0.1, 0.15) is 5.75 Å². The number of ether oxygens (including phenoxy) is 1. The zero-order valence-electron chi connectivity index (χ0n) is 12.8. The molecule has 1 aromatic carbocycles. The summed E-state index contributed by atoms with van der Waals surface area (Å²) in [6, 6.07) is 8.00. The van der Waals surface area contributed by atoms with Gasteiger partial charge < -0.3 is 10.1 Å². The number of para-hydroxylation sites is 1. The average molecular weight is 299 g/mol. The SMILES string of the molecule is Cn1cc(CCC(=O)NC2CCCOc3ccccc32)cn1. The van der Waals surface area contributed by atoms with Crippen LogP contribution in [0.5, 0.6) is 5.75 Å². The minimum absolute atomic E-state index is 0.0418. The second-order valence-electron chi connectivity index (χ2n) is 5.67. The molecule has 1 amide bonds. The highest BCUT2D eigenvalue weighted by Crippen LogP contribution is 2.31. The maximum absolute atomic E-state index is 12.2. The number of fused-ring (bicyclic) bond motifs is 1. The Labute approximate surface area is 130 Å². The van der Waals surface area contributed by atoms with Crippen molar-refractivity contribution in [1.82, 2.24) is 15.1 Å². The molecule has 0 bridgehead atoms. The van der Waals surface area contributed by atoms with E-state index in [0.717, 1.165) is 29.7 Å². The summed E-state index contributed by atoms with van der Waals surface area (Å²) < 4.78 is 7.49. The Morgan fingerprint density at radius 2 is 2.32 bits per heavy atom. The summed E-state index contributed by atoms with van der Waals surface area (Å²) in [5, 5.41) is 7.27. The van der Waals surface area contributed by atoms with Crippen LogP contribution in [0.2, 0.25) is 0 Å². The Hall–Kier alpha value is -2.30. The predicted octanol–water partition coefficient (Wildman–Crippen LogP) is 2.38. The van der Waals surface area contributed by atoms with Crippen LogP contribution < -0.4 is 10.1 Å². The van der Waals surface area contributed by atoms with Crippen LogP contribution in [0.3, 0.4) is 0 Å². The van der Waals surface area contributed by atoms with Crippen LogP contribution in [-0.2, 0) is 18.3 Å². The summed E-state index contributed by atoms with van der Waals surface area (Å²) in [5.74, 6) is 0.961. The molecular formula is C17H21N3O2. The van der Waals surface area contributed by atoms with Crippen molar-refractivity contribution in [3.63, 3.8) is 0 Å². The molecule has 3 rings (SSSR count). The maximum atomic E-state index is 12.2. The third-order valence-electron chi connectivity index (χ3n) is 3.92. The largest absolute Gasteiger partial charge is 0.493 e. The van der Waals surface area contributed by atoms with Gasteiger partial charge in [0.2, 0.25) is 5.91 Å².